The maximum atomic E-state index is 11.0. The van der Waals surface area contributed by atoms with Crippen molar-refractivity contribution in [1.82, 2.24) is 0 Å². The Labute approximate surface area is 119 Å². The molecule has 20 heavy (non-hydrogen) atoms. The largest absolute Gasteiger partial charge is 0.478 e. The third kappa shape index (κ3) is 4.09. The molecule has 4 heteroatoms. The van der Waals surface area contributed by atoms with E-state index in [4.69, 9.17) is 9.84 Å². The van der Waals surface area contributed by atoms with E-state index in [-0.39, 0.29) is 6.61 Å². The minimum Gasteiger partial charge on any atom is -0.478 e. The van der Waals surface area contributed by atoms with Crippen LogP contribution in [0.4, 0.5) is 0 Å². The maximum absolute atomic E-state index is 11.0. The van der Waals surface area contributed by atoms with E-state index >= 15 is 0 Å². The predicted molar refractivity (Wildman–Crippen MR) is 76.8 cm³/mol. The van der Waals surface area contributed by atoms with Crippen molar-refractivity contribution in [3.8, 4) is 11.8 Å². The molecule has 0 bridgehead atoms. The molecular formula is C16H20O4. The summed E-state index contributed by atoms with van der Waals surface area (Å²) in [6, 6.07) is 4.95. The van der Waals surface area contributed by atoms with Gasteiger partial charge in [-0.05, 0) is 36.6 Å². The Morgan fingerprint density at radius 3 is 2.60 bits per heavy atom. The van der Waals surface area contributed by atoms with Gasteiger partial charge in [-0.25, -0.2) is 4.79 Å². The van der Waals surface area contributed by atoms with Gasteiger partial charge in [-0.3, -0.25) is 0 Å². The summed E-state index contributed by atoms with van der Waals surface area (Å²) in [5.74, 6) is 4.75. The SMILES string of the molecule is CCc1cc(C#CC(O)(CC)COC)ccc1C(=O)O. The molecule has 1 atom stereocenters. The molecule has 0 heterocycles. The molecule has 0 radical (unpaired) electrons. The number of carboxylic acid groups (broad SMARTS) is 1. The van der Waals surface area contributed by atoms with E-state index < -0.39 is 11.6 Å². The van der Waals surface area contributed by atoms with Crippen LogP contribution in [-0.4, -0.2) is 35.5 Å². The molecule has 0 aromatic heterocycles. The van der Waals surface area contributed by atoms with Gasteiger partial charge in [0.25, 0.3) is 0 Å². The van der Waals surface area contributed by atoms with Gasteiger partial charge in [0.15, 0.2) is 0 Å². The van der Waals surface area contributed by atoms with Gasteiger partial charge in [0.2, 0.25) is 0 Å². The van der Waals surface area contributed by atoms with Crippen LogP contribution in [0.25, 0.3) is 0 Å². The zero-order valence-electron chi connectivity index (χ0n) is 12.1. The van der Waals surface area contributed by atoms with E-state index in [2.05, 4.69) is 11.8 Å². The number of aryl methyl sites for hydroxylation is 1. The lowest BCUT2D eigenvalue weighted by molar-refractivity contribution is 0.0111. The van der Waals surface area contributed by atoms with Gasteiger partial charge in [0, 0.05) is 12.7 Å². The van der Waals surface area contributed by atoms with Gasteiger partial charge in [-0.1, -0.05) is 25.7 Å². The van der Waals surface area contributed by atoms with Crippen molar-refractivity contribution in [1.29, 1.82) is 0 Å². The average molecular weight is 276 g/mol. The van der Waals surface area contributed by atoms with E-state index in [1.807, 2.05) is 13.8 Å². The highest BCUT2D eigenvalue weighted by molar-refractivity contribution is 5.89. The van der Waals surface area contributed by atoms with Crippen LogP contribution in [0.15, 0.2) is 18.2 Å². The van der Waals surface area contributed by atoms with Gasteiger partial charge in [0.1, 0.15) is 5.60 Å². The standard InChI is InChI=1S/C16H20O4/c1-4-13-10-12(6-7-14(13)15(17)18)8-9-16(19,5-2)11-20-3/h6-7,10,19H,4-5,11H2,1-3H3,(H,17,18). The lowest BCUT2D eigenvalue weighted by Gasteiger charge is -2.18. The second kappa shape index (κ2) is 7.09. The van der Waals surface area contributed by atoms with Crippen LogP contribution in [-0.2, 0) is 11.2 Å². The van der Waals surface area contributed by atoms with Crippen molar-refractivity contribution >= 4 is 5.97 Å². The Bertz CT molecular complexity index is 539. The van der Waals surface area contributed by atoms with Crippen molar-refractivity contribution in [2.75, 3.05) is 13.7 Å². The first-order valence-electron chi connectivity index (χ1n) is 6.56. The second-order valence-electron chi connectivity index (χ2n) is 4.60. The zero-order valence-corrected chi connectivity index (χ0v) is 12.1. The highest BCUT2D eigenvalue weighted by Gasteiger charge is 2.21. The Balaban J connectivity index is 3.08. The second-order valence-corrected chi connectivity index (χ2v) is 4.60. The molecule has 0 saturated carbocycles. The van der Waals surface area contributed by atoms with Gasteiger partial charge in [-0.2, -0.15) is 0 Å². The normalized spacial score (nSPS) is 13.2. The molecule has 0 aliphatic carbocycles. The third-order valence-corrected chi connectivity index (χ3v) is 3.12. The predicted octanol–water partition coefficient (Wildman–Crippen LogP) is 2.09. The van der Waals surface area contributed by atoms with Crippen LogP contribution in [0.2, 0.25) is 0 Å². The van der Waals surface area contributed by atoms with Crippen LogP contribution in [0.1, 0.15) is 41.8 Å². The van der Waals surface area contributed by atoms with Crippen molar-refractivity contribution < 1.29 is 19.7 Å². The van der Waals surface area contributed by atoms with E-state index in [0.717, 1.165) is 5.56 Å². The molecule has 0 spiro atoms. The van der Waals surface area contributed by atoms with Gasteiger partial charge in [0.05, 0.1) is 12.2 Å². The molecule has 1 aromatic rings. The molecule has 0 aliphatic heterocycles. The van der Waals surface area contributed by atoms with Crippen molar-refractivity contribution in [3.05, 3.63) is 34.9 Å². The number of aromatic carboxylic acids is 1. The summed E-state index contributed by atoms with van der Waals surface area (Å²) in [6.45, 7) is 3.87. The molecule has 1 rings (SSSR count). The number of hydrogen-bond donors (Lipinski definition) is 2. The highest BCUT2D eigenvalue weighted by atomic mass is 16.5. The molecule has 4 nitrogen and oxygen atoms in total. The Kier molecular flexibility index (Phi) is 5.75. The number of benzene rings is 1. The molecule has 0 fully saturated rings. The van der Waals surface area contributed by atoms with Crippen LogP contribution < -0.4 is 0 Å². The Hall–Kier alpha value is -1.83. The summed E-state index contributed by atoms with van der Waals surface area (Å²) < 4.78 is 4.95. The fraction of sp³-hybridized carbons (Fsp3) is 0.438. The topological polar surface area (TPSA) is 66.8 Å². The zero-order chi connectivity index (χ0) is 15.2. The van der Waals surface area contributed by atoms with Crippen molar-refractivity contribution in [3.63, 3.8) is 0 Å². The molecule has 0 aliphatic rings. The number of rotatable bonds is 5. The number of carboxylic acids is 1. The summed E-state index contributed by atoms with van der Waals surface area (Å²) >= 11 is 0. The number of hydrogen-bond acceptors (Lipinski definition) is 3. The van der Waals surface area contributed by atoms with Crippen LogP contribution in [0.5, 0.6) is 0 Å². The van der Waals surface area contributed by atoms with Gasteiger partial charge >= 0.3 is 5.97 Å². The van der Waals surface area contributed by atoms with E-state index in [1.54, 1.807) is 18.2 Å². The molecule has 1 aromatic carbocycles. The number of aliphatic hydroxyl groups is 1. The quantitative estimate of drug-likeness (QED) is 0.808. The summed E-state index contributed by atoms with van der Waals surface area (Å²) in [4.78, 5) is 11.0. The lowest BCUT2D eigenvalue weighted by atomic mass is 9.99. The minimum absolute atomic E-state index is 0.143. The Morgan fingerprint density at radius 1 is 1.40 bits per heavy atom. The number of methoxy groups -OCH3 is 1. The smallest absolute Gasteiger partial charge is 0.335 e. The van der Waals surface area contributed by atoms with Crippen molar-refractivity contribution in [2.45, 2.75) is 32.3 Å². The first kappa shape index (κ1) is 16.2. The minimum atomic E-state index is -1.17. The van der Waals surface area contributed by atoms with Crippen LogP contribution >= 0.6 is 0 Å². The fourth-order valence-corrected chi connectivity index (χ4v) is 1.83. The van der Waals surface area contributed by atoms with E-state index in [1.165, 1.54) is 7.11 Å². The van der Waals surface area contributed by atoms with E-state index in [9.17, 15) is 9.90 Å². The molecule has 2 N–H and O–H groups in total. The van der Waals surface area contributed by atoms with Crippen LogP contribution in [0, 0.1) is 11.8 Å². The first-order valence-corrected chi connectivity index (χ1v) is 6.56. The lowest BCUT2D eigenvalue weighted by Crippen LogP contribution is -2.31. The van der Waals surface area contributed by atoms with E-state index in [0.29, 0.717) is 24.0 Å². The number of carbonyl (C=O) groups is 1. The summed E-state index contributed by atoms with van der Waals surface area (Å²) in [5, 5.41) is 19.2. The van der Waals surface area contributed by atoms with Gasteiger partial charge in [-0.15, -0.1) is 0 Å². The van der Waals surface area contributed by atoms with Gasteiger partial charge < -0.3 is 14.9 Å². The molecule has 0 saturated heterocycles. The molecule has 0 amide bonds. The maximum Gasteiger partial charge on any atom is 0.335 e. The monoisotopic (exact) mass is 276 g/mol. The molecule has 1 unspecified atom stereocenters. The fourth-order valence-electron chi connectivity index (χ4n) is 1.83. The highest BCUT2D eigenvalue weighted by Crippen LogP contribution is 2.14. The summed E-state index contributed by atoms with van der Waals surface area (Å²) in [7, 11) is 1.51. The summed E-state index contributed by atoms with van der Waals surface area (Å²) in [6.07, 6.45) is 1.08. The first-order chi connectivity index (χ1) is 9.45. The third-order valence-electron chi connectivity index (χ3n) is 3.12. The summed E-state index contributed by atoms with van der Waals surface area (Å²) in [5.41, 5.74) is 0.540. The molecule has 108 valence electrons. The Morgan fingerprint density at radius 2 is 2.10 bits per heavy atom. The number of ether oxygens (including phenoxy) is 1. The molecular weight excluding hydrogens is 256 g/mol. The van der Waals surface area contributed by atoms with Crippen molar-refractivity contribution in [2.24, 2.45) is 0 Å². The average Bonchev–Trinajstić information content (AvgIpc) is 2.45. The van der Waals surface area contributed by atoms with Crippen LogP contribution in [0.3, 0.4) is 0 Å².